The van der Waals surface area contributed by atoms with Crippen LogP contribution in [0.25, 0.3) is 11.1 Å². The molecule has 50 valence electrons. The molecule has 1 heterocycles. The lowest BCUT2D eigenvalue weighted by Crippen LogP contribution is -1.70. The average Bonchev–Trinajstić information content (AvgIpc) is 2.33. The summed E-state index contributed by atoms with van der Waals surface area (Å²) in [4.78, 5) is 0. The van der Waals surface area contributed by atoms with Crippen molar-refractivity contribution in [3.05, 3.63) is 21.8 Å². The van der Waals surface area contributed by atoms with Gasteiger partial charge in [0.1, 0.15) is 5.52 Å². The number of fused-ring (bicyclic) bond motifs is 1. The Bertz CT molecular complexity index is 357. The van der Waals surface area contributed by atoms with Gasteiger partial charge in [0.05, 0.1) is 0 Å². The minimum absolute atomic E-state index is 0.736. The molecule has 0 radical (unpaired) electrons. The lowest BCUT2D eigenvalue weighted by Gasteiger charge is -1.84. The SMILES string of the molecule is Ic1ccc2onnc2c1. The highest BCUT2D eigenvalue weighted by atomic mass is 127. The second-order valence-corrected chi connectivity index (χ2v) is 3.13. The van der Waals surface area contributed by atoms with Gasteiger partial charge in [0.15, 0.2) is 5.58 Å². The van der Waals surface area contributed by atoms with Crippen molar-refractivity contribution in [2.24, 2.45) is 0 Å². The molecule has 10 heavy (non-hydrogen) atoms. The standard InChI is InChI=1S/C6H3IN2O/c7-4-1-2-6-5(3-4)8-9-10-6/h1-3H. The Morgan fingerprint density at radius 1 is 1.40 bits per heavy atom. The molecule has 0 N–H and O–H groups in total. The van der Waals surface area contributed by atoms with Crippen LogP contribution in [0.15, 0.2) is 22.7 Å². The van der Waals surface area contributed by atoms with Crippen LogP contribution in [0, 0.1) is 3.57 Å². The van der Waals surface area contributed by atoms with Crippen molar-refractivity contribution in [2.75, 3.05) is 0 Å². The highest BCUT2D eigenvalue weighted by molar-refractivity contribution is 14.1. The molecule has 0 fully saturated rings. The van der Waals surface area contributed by atoms with Gasteiger partial charge in [-0.15, -0.1) is 5.10 Å². The van der Waals surface area contributed by atoms with Crippen LogP contribution in [-0.4, -0.2) is 10.4 Å². The van der Waals surface area contributed by atoms with Gasteiger partial charge in [-0.2, -0.15) is 0 Å². The zero-order chi connectivity index (χ0) is 6.97. The molecule has 2 rings (SSSR count). The molecule has 1 aromatic carbocycles. The van der Waals surface area contributed by atoms with Gasteiger partial charge < -0.3 is 4.52 Å². The van der Waals surface area contributed by atoms with E-state index in [1.807, 2.05) is 18.2 Å². The van der Waals surface area contributed by atoms with Gasteiger partial charge in [-0.05, 0) is 40.8 Å². The second kappa shape index (κ2) is 2.19. The molecule has 0 amide bonds. The average molecular weight is 246 g/mol. The first-order valence-corrected chi connectivity index (χ1v) is 3.82. The van der Waals surface area contributed by atoms with Crippen LogP contribution in [0.2, 0.25) is 0 Å². The van der Waals surface area contributed by atoms with E-state index in [0.29, 0.717) is 0 Å². The van der Waals surface area contributed by atoms with E-state index in [4.69, 9.17) is 4.52 Å². The third-order valence-corrected chi connectivity index (χ3v) is 1.88. The Balaban J connectivity index is 2.86. The Hall–Kier alpha value is -0.650. The molecule has 0 aliphatic rings. The Morgan fingerprint density at radius 2 is 2.30 bits per heavy atom. The largest absolute Gasteiger partial charge is 0.337 e. The minimum atomic E-state index is 0.736. The molecule has 0 atom stereocenters. The van der Waals surface area contributed by atoms with Crippen LogP contribution < -0.4 is 0 Å². The summed E-state index contributed by atoms with van der Waals surface area (Å²) < 4.78 is 5.95. The summed E-state index contributed by atoms with van der Waals surface area (Å²) >= 11 is 2.22. The highest BCUT2D eigenvalue weighted by Crippen LogP contribution is 2.13. The van der Waals surface area contributed by atoms with Crippen LogP contribution in [0.3, 0.4) is 0 Å². The Kier molecular flexibility index (Phi) is 1.33. The van der Waals surface area contributed by atoms with Gasteiger partial charge in [-0.1, -0.05) is 0 Å². The molecule has 3 nitrogen and oxygen atoms in total. The van der Waals surface area contributed by atoms with E-state index in [1.165, 1.54) is 0 Å². The molecular formula is C6H3IN2O. The van der Waals surface area contributed by atoms with Crippen LogP contribution in [0.1, 0.15) is 0 Å². The zero-order valence-electron chi connectivity index (χ0n) is 4.91. The molecule has 4 heteroatoms. The topological polar surface area (TPSA) is 38.9 Å². The highest BCUT2D eigenvalue weighted by Gasteiger charge is 1.97. The zero-order valence-corrected chi connectivity index (χ0v) is 7.07. The van der Waals surface area contributed by atoms with Crippen LogP contribution >= 0.6 is 22.6 Å². The first-order valence-electron chi connectivity index (χ1n) is 2.74. The summed E-state index contributed by atoms with van der Waals surface area (Å²) in [6, 6.07) is 5.74. The van der Waals surface area contributed by atoms with Gasteiger partial charge in [-0.3, -0.25) is 0 Å². The number of aromatic nitrogens is 2. The van der Waals surface area contributed by atoms with E-state index in [0.717, 1.165) is 14.7 Å². The van der Waals surface area contributed by atoms with E-state index in [1.54, 1.807) is 0 Å². The lowest BCUT2D eigenvalue weighted by molar-refractivity contribution is 0.424. The van der Waals surface area contributed by atoms with E-state index in [2.05, 4.69) is 33.0 Å². The number of rotatable bonds is 0. The maximum atomic E-state index is 4.81. The van der Waals surface area contributed by atoms with Crippen molar-refractivity contribution in [1.82, 2.24) is 10.4 Å². The fraction of sp³-hybridized carbons (Fsp3) is 0. The molecule has 0 saturated heterocycles. The molecule has 0 saturated carbocycles. The summed E-state index contributed by atoms with van der Waals surface area (Å²) in [7, 11) is 0. The molecule has 0 aliphatic heterocycles. The summed E-state index contributed by atoms with van der Waals surface area (Å²) in [5, 5.41) is 7.17. The molecular weight excluding hydrogens is 243 g/mol. The number of halogens is 1. The number of hydrogen-bond acceptors (Lipinski definition) is 3. The monoisotopic (exact) mass is 246 g/mol. The molecule has 2 aromatic rings. The second-order valence-electron chi connectivity index (χ2n) is 1.88. The predicted molar refractivity (Wildman–Crippen MR) is 44.5 cm³/mol. The van der Waals surface area contributed by atoms with Gasteiger partial charge in [0.2, 0.25) is 0 Å². The molecule has 0 bridgehead atoms. The molecule has 1 aromatic heterocycles. The summed E-state index contributed by atoms with van der Waals surface area (Å²) in [5.74, 6) is 0. The van der Waals surface area contributed by atoms with Crippen molar-refractivity contribution in [3.63, 3.8) is 0 Å². The summed E-state index contributed by atoms with van der Waals surface area (Å²) in [6.07, 6.45) is 0. The van der Waals surface area contributed by atoms with Gasteiger partial charge in [0.25, 0.3) is 0 Å². The third-order valence-electron chi connectivity index (χ3n) is 1.21. The third kappa shape index (κ3) is 0.880. The lowest BCUT2D eigenvalue weighted by atomic mass is 10.3. The quantitative estimate of drug-likeness (QED) is 0.665. The number of hydrogen-bond donors (Lipinski definition) is 0. The van der Waals surface area contributed by atoms with Crippen LogP contribution in [0.4, 0.5) is 0 Å². The summed E-state index contributed by atoms with van der Waals surface area (Å²) in [6.45, 7) is 0. The van der Waals surface area contributed by atoms with Gasteiger partial charge in [0, 0.05) is 8.84 Å². The van der Waals surface area contributed by atoms with Crippen LogP contribution in [0.5, 0.6) is 0 Å². The normalized spacial score (nSPS) is 10.5. The van der Waals surface area contributed by atoms with Crippen LogP contribution in [-0.2, 0) is 0 Å². The number of benzene rings is 1. The fourth-order valence-electron chi connectivity index (χ4n) is 0.754. The predicted octanol–water partition coefficient (Wildman–Crippen LogP) is 1.83. The molecule has 0 unspecified atom stereocenters. The Morgan fingerprint density at radius 3 is 3.20 bits per heavy atom. The smallest absolute Gasteiger partial charge is 0.187 e. The number of nitrogens with zero attached hydrogens (tertiary/aromatic N) is 2. The van der Waals surface area contributed by atoms with E-state index in [-0.39, 0.29) is 0 Å². The van der Waals surface area contributed by atoms with E-state index < -0.39 is 0 Å². The van der Waals surface area contributed by atoms with Crippen molar-refractivity contribution < 1.29 is 4.52 Å². The van der Waals surface area contributed by atoms with Crippen molar-refractivity contribution in [3.8, 4) is 0 Å². The van der Waals surface area contributed by atoms with Crippen molar-refractivity contribution in [1.29, 1.82) is 0 Å². The first-order chi connectivity index (χ1) is 4.86. The molecule has 0 aliphatic carbocycles. The Labute approximate surface area is 70.5 Å². The van der Waals surface area contributed by atoms with E-state index in [9.17, 15) is 0 Å². The van der Waals surface area contributed by atoms with Crippen molar-refractivity contribution >= 4 is 33.7 Å². The fourth-order valence-corrected chi connectivity index (χ4v) is 1.23. The maximum absolute atomic E-state index is 4.81. The van der Waals surface area contributed by atoms with Gasteiger partial charge in [-0.25, -0.2) is 0 Å². The molecule has 0 spiro atoms. The van der Waals surface area contributed by atoms with E-state index >= 15 is 0 Å². The maximum Gasteiger partial charge on any atom is 0.187 e. The first kappa shape index (κ1) is 6.09. The summed E-state index contributed by atoms with van der Waals surface area (Å²) in [5.41, 5.74) is 1.55. The van der Waals surface area contributed by atoms with Crippen molar-refractivity contribution in [2.45, 2.75) is 0 Å². The minimum Gasteiger partial charge on any atom is -0.337 e. The van der Waals surface area contributed by atoms with Gasteiger partial charge >= 0.3 is 0 Å².